The summed E-state index contributed by atoms with van der Waals surface area (Å²) in [5, 5.41) is 0. The van der Waals surface area contributed by atoms with Gasteiger partial charge in [0.1, 0.15) is 5.82 Å². The van der Waals surface area contributed by atoms with Gasteiger partial charge in [-0.3, -0.25) is 9.69 Å². The van der Waals surface area contributed by atoms with E-state index in [0.29, 0.717) is 12.6 Å². The van der Waals surface area contributed by atoms with Crippen LogP contribution in [-0.4, -0.2) is 59.5 Å². The third kappa shape index (κ3) is 4.66. The number of carbonyl (C=O) groups excluding carboxylic acids is 1. The SMILES string of the molecule is Cc1cccc(CN(C(=O)CN2CCN(c3ccccn3)CC2)C2CC2)c1. The minimum Gasteiger partial charge on any atom is -0.354 e. The van der Waals surface area contributed by atoms with Gasteiger partial charge in [0.05, 0.1) is 6.54 Å². The lowest BCUT2D eigenvalue weighted by molar-refractivity contribution is -0.133. The molecule has 0 unspecified atom stereocenters. The smallest absolute Gasteiger partial charge is 0.237 e. The molecule has 0 N–H and O–H groups in total. The minimum atomic E-state index is 0.269. The van der Waals surface area contributed by atoms with Crippen LogP contribution >= 0.6 is 0 Å². The van der Waals surface area contributed by atoms with E-state index < -0.39 is 0 Å². The number of anilines is 1. The normalized spacial score (nSPS) is 17.7. The average Bonchev–Trinajstić information content (AvgIpc) is 3.52. The fraction of sp³-hybridized carbons (Fsp3) is 0.455. The zero-order valence-corrected chi connectivity index (χ0v) is 16.1. The van der Waals surface area contributed by atoms with Crippen LogP contribution in [0.3, 0.4) is 0 Å². The largest absolute Gasteiger partial charge is 0.354 e. The summed E-state index contributed by atoms with van der Waals surface area (Å²) in [6, 6.07) is 15.0. The number of amides is 1. The van der Waals surface area contributed by atoms with Crippen molar-refractivity contribution in [3.63, 3.8) is 0 Å². The second kappa shape index (κ2) is 8.09. The first-order valence-corrected chi connectivity index (χ1v) is 9.92. The van der Waals surface area contributed by atoms with Crippen LogP contribution in [0.15, 0.2) is 48.7 Å². The van der Waals surface area contributed by atoms with Crippen molar-refractivity contribution in [3.8, 4) is 0 Å². The molecule has 27 heavy (non-hydrogen) atoms. The summed E-state index contributed by atoms with van der Waals surface area (Å²) >= 11 is 0. The van der Waals surface area contributed by atoms with E-state index in [2.05, 4.69) is 56.9 Å². The Bertz CT molecular complexity index is 767. The van der Waals surface area contributed by atoms with Crippen molar-refractivity contribution in [2.45, 2.75) is 32.4 Å². The fourth-order valence-corrected chi connectivity index (χ4v) is 3.77. The Morgan fingerprint density at radius 1 is 1.11 bits per heavy atom. The molecule has 0 spiro atoms. The summed E-state index contributed by atoms with van der Waals surface area (Å²) in [7, 11) is 0. The lowest BCUT2D eigenvalue weighted by Crippen LogP contribution is -2.50. The summed E-state index contributed by atoms with van der Waals surface area (Å²) in [5.41, 5.74) is 2.48. The van der Waals surface area contributed by atoms with E-state index >= 15 is 0 Å². The summed E-state index contributed by atoms with van der Waals surface area (Å²) in [4.78, 5) is 24.1. The molecule has 5 nitrogen and oxygen atoms in total. The first kappa shape index (κ1) is 18.0. The standard InChI is InChI=1S/C22H28N4O/c1-18-5-4-6-19(15-18)16-26(20-8-9-20)22(27)17-24-11-13-25(14-12-24)21-7-2-3-10-23-21/h2-7,10,15,20H,8-9,11-14,16-17H2,1H3. The molecule has 5 heteroatoms. The van der Waals surface area contributed by atoms with Crippen LogP contribution in [0.4, 0.5) is 5.82 Å². The van der Waals surface area contributed by atoms with Crippen LogP contribution < -0.4 is 4.90 Å². The van der Waals surface area contributed by atoms with Crippen molar-refractivity contribution in [1.29, 1.82) is 0 Å². The van der Waals surface area contributed by atoms with Gasteiger partial charge >= 0.3 is 0 Å². The third-order valence-electron chi connectivity index (χ3n) is 5.45. The topological polar surface area (TPSA) is 39.7 Å². The number of aromatic nitrogens is 1. The number of hydrogen-bond acceptors (Lipinski definition) is 4. The summed E-state index contributed by atoms with van der Waals surface area (Å²) in [6.07, 6.45) is 4.13. The molecule has 4 rings (SSSR count). The van der Waals surface area contributed by atoms with Gasteiger partial charge in [0.25, 0.3) is 0 Å². The number of nitrogens with zero attached hydrogens (tertiary/aromatic N) is 4. The van der Waals surface area contributed by atoms with Crippen LogP contribution in [0, 0.1) is 6.92 Å². The van der Waals surface area contributed by atoms with E-state index in [-0.39, 0.29) is 5.91 Å². The minimum absolute atomic E-state index is 0.269. The van der Waals surface area contributed by atoms with Gasteiger partial charge in [-0.1, -0.05) is 35.9 Å². The van der Waals surface area contributed by atoms with Crippen molar-refractivity contribution in [3.05, 3.63) is 59.8 Å². The Morgan fingerprint density at radius 3 is 2.59 bits per heavy atom. The summed E-state index contributed by atoms with van der Waals surface area (Å²) in [5.74, 6) is 1.30. The Hall–Kier alpha value is -2.40. The first-order valence-electron chi connectivity index (χ1n) is 9.92. The maximum absolute atomic E-state index is 13.0. The van der Waals surface area contributed by atoms with Crippen molar-refractivity contribution >= 4 is 11.7 Å². The number of rotatable bonds is 6. The van der Waals surface area contributed by atoms with Crippen LogP contribution in [0.1, 0.15) is 24.0 Å². The number of pyridine rings is 1. The fourth-order valence-electron chi connectivity index (χ4n) is 3.77. The van der Waals surface area contributed by atoms with E-state index in [0.717, 1.165) is 51.4 Å². The monoisotopic (exact) mass is 364 g/mol. The van der Waals surface area contributed by atoms with E-state index in [9.17, 15) is 4.79 Å². The highest BCUT2D eigenvalue weighted by Crippen LogP contribution is 2.29. The Kier molecular flexibility index (Phi) is 5.39. The van der Waals surface area contributed by atoms with Gasteiger partial charge < -0.3 is 9.80 Å². The highest BCUT2D eigenvalue weighted by Gasteiger charge is 2.33. The first-order chi connectivity index (χ1) is 13.2. The van der Waals surface area contributed by atoms with Crippen molar-refractivity contribution in [2.75, 3.05) is 37.6 Å². The van der Waals surface area contributed by atoms with Crippen molar-refractivity contribution in [1.82, 2.24) is 14.8 Å². The zero-order chi connectivity index (χ0) is 18.6. The molecule has 1 amide bonds. The summed E-state index contributed by atoms with van der Waals surface area (Å²) < 4.78 is 0. The molecule has 1 aromatic carbocycles. The summed E-state index contributed by atoms with van der Waals surface area (Å²) in [6.45, 7) is 7.03. The highest BCUT2D eigenvalue weighted by atomic mass is 16.2. The molecular formula is C22H28N4O. The molecule has 1 saturated heterocycles. The van der Waals surface area contributed by atoms with Gasteiger partial charge in [0.15, 0.2) is 0 Å². The molecular weight excluding hydrogens is 336 g/mol. The molecule has 1 aromatic heterocycles. The van der Waals surface area contributed by atoms with Crippen LogP contribution in [0.25, 0.3) is 0 Å². The van der Waals surface area contributed by atoms with E-state index in [4.69, 9.17) is 0 Å². The van der Waals surface area contributed by atoms with Gasteiger partial charge in [0.2, 0.25) is 5.91 Å². The van der Waals surface area contributed by atoms with Gasteiger partial charge in [-0.25, -0.2) is 4.98 Å². The average molecular weight is 364 g/mol. The molecule has 0 bridgehead atoms. The number of piperazine rings is 1. The van der Waals surface area contributed by atoms with Crippen LogP contribution in [0.5, 0.6) is 0 Å². The highest BCUT2D eigenvalue weighted by molar-refractivity contribution is 5.79. The predicted molar refractivity (Wildman–Crippen MR) is 108 cm³/mol. The molecule has 2 aromatic rings. The van der Waals surface area contributed by atoms with Crippen molar-refractivity contribution in [2.24, 2.45) is 0 Å². The van der Waals surface area contributed by atoms with Gasteiger partial charge in [-0.2, -0.15) is 0 Å². The Labute approximate surface area is 161 Å². The predicted octanol–water partition coefficient (Wildman–Crippen LogP) is 2.70. The number of aryl methyl sites for hydroxylation is 1. The van der Waals surface area contributed by atoms with Gasteiger partial charge in [-0.05, 0) is 37.5 Å². The molecule has 1 saturated carbocycles. The van der Waals surface area contributed by atoms with Crippen LogP contribution in [0.2, 0.25) is 0 Å². The number of carbonyl (C=O) groups is 1. The molecule has 1 aliphatic carbocycles. The number of hydrogen-bond donors (Lipinski definition) is 0. The molecule has 2 heterocycles. The second-order valence-electron chi connectivity index (χ2n) is 7.69. The molecule has 2 aliphatic rings. The van der Waals surface area contributed by atoms with E-state index in [1.54, 1.807) is 0 Å². The maximum atomic E-state index is 13.0. The van der Waals surface area contributed by atoms with E-state index in [1.165, 1.54) is 11.1 Å². The quantitative estimate of drug-likeness (QED) is 0.790. The molecule has 2 fully saturated rings. The van der Waals surface area contributed by atoms with Crippen LogP contribution in [-0.2, 0) is 11.3 Å². The zero-order valence-electron chi connectivity index (χ0n) is 16.1. The maximum Gasteiger partial charge on any atom is 0.237 e. The lowest BCUT2D eigenvalue weighted by Gasteiger charge is -2.36. The Morgan fingerprint density at radius 2 is 1.93 bits per heavy atom. The molecule has 1 aliphatic heterocycles. The number of benzene rings is 1. The second-order valence-corrected chi connectivity index (χ2v) is 7.69. The van der Waals surface area contributed by atoms with Gasteiger partial charge in [0, 0.05) is 45.0 Å². The van der Waals surface area contributed by atoms with Crippen molar-refractivity contribution < 1.29 is 4.79 Å². The van der Waals surface area contributed by atoms with E-state index in [1.807, 2.05) is 18.3 Å². The third-order valence-corrected chi connectivity index (χ3v) is 5.45. The molecule has 0 radical (unpaired) electrons. The lowest BCUT2D eigenvalue weighted by atomic mass is 10.1. The van der Waals surface area contributed by atoms with Gasteiger partial charge in [-0.15, -0.1) is 0 Å². The molecule has 142 valence electrons. The molecule has 0 atom stereocenters. The Balaban J connectivity index is 1.32.